The van der Waals surface area contributed by atoms with Crippen LogP contribution in [0.5, 0.6) is 0 Å². The van der Waals surface area contributed by atoms with Crippen LogP contribution in [0.25, 0.3) is 11.0 Å². The molecule has 0 aliphatic heterocycles. The molecule has 28 heavy (non-hydrogen) atoms. The second-order valence-electron chi connectivity index (χ2n) is 8.25. The van der Waals surface area contributed by atoms with Crippen LogP contribution in [0, 0.1) is 17.0 Å². The highest BCUT2D eigenvalue weighted by Gasteiger charge is 2.67. The second kappa shape index (κ2) is 5.56. The van der Waals surface area contributed by atoms with Gasteiger partial charge in [0.15, 0.2) is 11.6 Å². The first-order valence-corrected chi connectivity index (χ1v) is 9.38. The van der Waals surface area contributed by atoms with E-state index in [1.54, 1.807) is 0 Å². The Morgan fingerprint density at radius 1 is 1.07 bits per heavy atom. The number of halogens is 2. The topological polar surface area (TPSA) is 54.9 Å². The third-order valence-corrected chi connectivity index (χ3v) is 6.68. The van der Waals surface area contributed by atoms with Gasteiger partial charge in [-0.1, -0.05) is 26.0 Å². The van der Waals surface area contributed by atoms with Crippen LogP contribution in [0.15, 0.2) is 42.5 Å². The van der Waals surface area contributed by atoms with Crippen molar-refractivity contribution in [1.29, 1.82) is 0 Å². The van der Waals surface area contributed by atoms with Gasteiger partial charge in [0, 0.05) is 17.7 Å². The summed E-state index contributed by atoms with van der Waals surface area (Å²) >= 11 is 0. The van der Waals surface area contributed by atoms with Crippen molar-refractivity contribution in [2.45, 2.75) is 38.0 Å². The summed E-state index contributed by atoms with van der Waals surface area (Å²) < 4.78 is 26.9. The molecule has 4 nitrogen and oxygen atoms in total. The van der Waals surface area contributed by atoms with Crippen LogP contribution in [0.1, 0.15) is 44.0 Å². The fourth-order valence-electron chi connectivity index (χ4n) is 5.14. The number of anilines is 1. The molecule has 5 rings (SSSR count). The maximum Gasteiger partial charge on any atom is 0.237 e. The Morgan fingerprint density at radius 3 is 2.50 bits per heavy atom. The quantitative estimate of drug-likeness (QED) is 0.702. The molecule has 1 N–H and O–H groups in total. The number of rotatable bonds is 2. The molecule has 142 valence electrons. The van der Waals surface area contributed by atoms with Crippen molar-refractivity contribution >= 4 is 22.6 Å². The minimum atomic E-state index is -0.989. The molecule has 1 heterocycles. The molecule has 0 saturated heterocycles. The van der Waals surface area contributed by atoms with E-state index in [2.05, 4.69) is 19.2 Å². The maximum atomic E-state index is 13.6. The molecule has 2 bridgehead atoms. The van der Waals surface area contributed by atoms with Crippen LogP contribution < -0.4 is 5.32 Å². The van der Waals surface area contributed by atoms with E-state index >= 15 is 0 Å². The maximum absolute atomic E-state index is 13.6. The first-order chi connectivity index (χ1) is 13.3. The van der Waals surface area contributed by atoms with E-state index in [-0.39, 0.29) is 22.9 Å². The van der Waals surface area contributed by atoms with Gasteiger partial charge in [-0.3, -0.25) is 4.79 Å². The highest BCUT2D eigenvalue weighted by Crippen LogP contribution is 2.67. The smallest absolute Gasteiger partial charge is 0.237 e. The zero-order valence-corrected chi connectivity index (χ0v) is 15.6. The van der Waals surface area contributed by atoms with Gasteiger partial charge in [-0.15, -0.1) is 0 Å². The van der Waals surface area contributed by atoms with Crippen LogP contribution in [0.4, 0.5) is 14.5 Å². The number of para-hydroxylation sites is 2. The zero-order valence-electron chi connectivity index (χ0n) is 15.6. The molecule has 1 fully saturated rings. The number of aromatic nitrogens is 2. The molecule has 2 aliphatic carbocycles. The number of nitrogens with one attached hydrogen (secondary N) is 1. The molecular formula is C22H19F2N3O. The first-order valence-electron chi connectivity index (χ1n) is 9.38. The van der Waals surface area contributed by atoms with Crippen molar-refractivity contribution in [3.8, 4) is 0 Å². The summed E-state index contributed by atoms with van der Waals surface area (Å²) in [5.74, 6) is -2.04. The number of hydrogen-bond donors (Lipinski definition) is 1. The van der Waals surface area contributed by atoms with Crippen molar-refractivity contribution in [1.82, 2.24) is 9.97 Å². The highest BCUT2D eigenvalue weighted by molar-refractivity contribution is 6.01. The molecular weight excluding hydrogens is 360 g/mol. The van der Waals surface area contributed by atoms with Gasteiger partial charge < -0.3 is 5.32 Å². The lowest BCUT2D eigenvalue weighted by atomic mass is 9.67. The number of carbonyl (C=O) groups excluding carboxylic acids is 1. The van der Waals surface area contributed by atoms with Gasteiger partial charge in [-0.05, 0) is 42.5 Å². The van der Waals surface area contributed by atoms with E-state index in [4.69, 9.17) is 9.97 Å². The number of amides is 1. The number of nitrogens with zero attached hydrogens (tertiary/aromatic N) is 2. The number of benzene rings is 2. The monoisotopic (exact) mass is 379 g/mol. The first kappa shape index (κ1) is 17.2. The molecule has 2 unspecified atom stereocenters. The molecule has 2 aliphatic rings. The third-order valence-electron chi connectivity index (χ3n) is 6.68. The second-order valence-corrected chi connectivity index (χ2v) is 8.25. The van der Waals surface area contributed by atoms with Crippen LogP contribution >= 0.6 is 0 Å². The lowest BCUT2D eigenvalue weighted by Crippen LogP contribution is -2.46. The average Bonchev–Trinajstić information content (AvgIpc) is 3.05. The Hall–Kier alpha value is -2.89. The van der Waals surface area contributed by atoms with Gasteiger partial charge in [-0.25, -0.2) is 18.7 Å². The van der Waals surface area contributed by atoms with E-state index in [0.717, 1.165) is 35.3 Å². The van der Waals surface area contributed by atoms with Crippen molar-refractivity contribution in [3.63, 3.8) is 0 Å². The lowest BCUT2D eigenvalue weighted by Gasteiger charge is -2.36. The average molecular weight is 379 g/mol. The van der Waals surface area contributed by atoms with Gasteiger partial charge in [0.25, 0.3) is 0 Å². The van der Waals surface area contributed by atoms with Gasteiger partial charge >= 0.3 is 0 Å². The van der Waals surface area contributed by atoms with Gasteiger partial charge in [0.05, 0.1) is 27.8 Å². The molecule has 2 aromatic carbocycles. The van der Waals surface area contributed by atoms with E-state index in [1.165, 1.54) is 6.07 Å². The van der Waals surface area contributed by atoms with Gasteiger partial charge in [0.2, 0.25) is 5.91 Å². The van der Waals surface area contributed by atoms with Crippen molar-refractivity contribution in [2.24, 2.45) is 5.41 Å². The third kappa shape index (κ3) is 2.06. The Morgan fingerprint density at radius 2 is 1.79 bits per heavy atom. The van der Waals surface area contributed by atoms with E-state index < -0.39 is 17.0 Å². The number of carbonyl (C=O) groups is 1. The Balaban J connectivity index is 1.64. The minimum absolute atomic E-state index is 0.135. The van der Waals surface area contributed by atoms with E-state index in [9.17, 15) is 13.6 Å². The molecule has 2 atom stereocenters. The Bertz CT molecular complexity index is 1140. The summed E-state index contributed by atoms with van der Waals surface area (Å²) in [5.41, 5.74) is 2.18. The summed E-state index contributed by atoms with van der Waals surface area (Å²) in [6, 6.07) is 11.0. The standard InChI is InChI=1S/C22H19F2N3O/c1-21(2)13-9-10-22(21,20(28)25-12-7-8-14(23)15(24)11-12)19-18(13)26-16-5-3-4-6-17(16)27-19/h3-8,11,13H,9-10H2,1-2H3,(H,25,28). The van der Waals surface area contributed by atoms with Crippen molar-refractivity contribution in [2.75, 3.05) is 5.32 Å². The van der Waals surface area contributed by atoms with Crippen LogP contribution in [0.2, 0.25) is 0 Å². The molecule has 1 amide bonds. The predicted molar refractivity (Wildman–Crippen MR) is 102 cm³/mol. The van der Waals surface area contributed by atoms with Crippen molar-refractivity contribution in [3.05, 3.63) is 65.5 Å². The van der Waals surface area contributed by atoms with Gasteiger partial charge in [-0.2, -0.15) is 0 Å². The minimum Gasteiger partial charge on any atom is -0.325 e. The summed E-state index contributed by atoms with van der Waals surface area (Å²) in [7, 11) is 0. The lowest BCUT2D eigenvalue weighted by molar-refractivity contribution is -0.124. The largest absolute Gasteiger partial charge is 0.325 e. The SMILES string of the molecule is CC1(C)C2CCC1(C(=O)Nc1ccc(F)c(F)c1)c1nc3ccccc3nc12. The Kier molecular flexibility index (Phi) is 3.42. The van der Waals surface area contributed by atoms with Crippen molar-refractivity contribution < 1.29 is 13.6 Å². The fourth-order valence-corrected chi connectivity index (χ4v) is 5.14. The molecule has 1 aromatic heterocycles. The normalized spacial score (nSPS) is 24.4. The predicted octanol–water partition coefficient (Wildman–Crippen LogP) is 4.70. The summed E-state index contributed by atoms with van der Waals surface area (Å²) in [4.78, 5) is 23.2. The van der Waals surface area contributed by atoms with Gasteiger partial charge in [0.1, 0.15) is 0 Å². The molecule has 1 saturated carbocycles. The fraction of sp³-hybridized carbons (Fsp3) is 0.318. The Labute approximate surface area is 161 Å². The van der Waals surface area contributed by atoms with E-state index in [1.807, 2.05) is 24.3 Å². The van der Waals surface area contributed by atoms with Crippen LogP contribution in [0.3, 0.4) is 0 Å². The van der Waals surface area contributed by atoms with Crippen LogP contribution in [-0.4, -0.2) is 15.9 Å². The van der Waals surface area contributed by atoms with E-state index in [0.29, 0.717) is 12.1 Å². The molecule has 0 radical (unpaired) electrons. The molecule has 3 aromatic rings. The summed E-state index contributed by atoms with van der Waals surface area (Å²) in [6.07, 6.45) is 1.50. The zero-order chi connectivity index (χ0) is 19.7. The van der Waals surface area contributed by atoms with Crippen LogP contribution in [-0.2, 0) is 10.2 Å². The molecule has 6 heteroatoms. The summed E-state index contributed by atoms with van der Waals surface area (Å²) in [5, 5.41) is 2.80. The number of fused-ring (bicyclic) bond motifs is 6. The number of hydrogen-bond acceptors (Lipinski definition) is 3. The summed E-state index contributed by atoms with van der Waals surface area (Å²) in [6.45, 7) is 4.15. The molecule has 0 spiro atoms. The highest BCUT2D eigenvalue weighted by atomic mass is 19.2.